The zero-order valence-electron chi connectivity index (χ0n) is 41.6. The van der Waals surface area contributed by atoms with Gasteiger partial charge in [0, 0.05) is 115 Å². The Labute approximate surface area is 421 Å². The molecule has 0 bridgehead atoms. The van der Waals surface area contributed by atoms with Gasteiger partial charge in [-0.05, 0) is 88.8 Å². The first kappa shape index (κ1) is 35.5. The number of hydrogen-bond donors (Lipinski definition) is 0. The molecule has 330 valence electrons. The first-order valence-corrected chi connectivity index (χ1v) is 25.4. The molecule has 5 nitrogen and oxygen atoms in total. The molecule has 6 heterocycles. The van der Waals surface area contributed by atoms with Crippen molar-refractivity contribution in [3.8, 4) is 51.6 Å². The Hall–Kier alpha value is -8.61. The van der Waals surface area contributed by atoms with Crippen molar-refractivity contribution in [1.82, 2.24) is 9.13 Å². The Kier molecular flexibility index (Phi) is 7.35. The molecule has 0 atom stereocenters. The van der Waals surface area contributed by atoms with Gasteiger partial charge >= 0.3 is 0 Å². The van der Waals surface area contributed by atoms with Crippen molar-refractivity contribution in [3.63, 3.8) is 0 Å². The van der Waals surface area contributed by atoms with E-state index in [1.54, 1.807) is 6.08 Å². The van der Waals surface area contributed by atoms with Gasteiger partial charge in [0.1, 0.15) is 23.0 Å². The van der Waals surface area contributed by atoms with Crippen LogP contribution in [0.5, 0.6) is 23.0 Å². The largest absolute Gasteiger partial charge is 0.458 e. The Bertz CT molecular complexity index is 4830. The van der Waals surface area contributed by atoms with Crippen LogP contribution in [0.25, 0.3) is 102 Å². The van der Waals surface area contributed by atoms with Crippen molar-refractivity contribution in [1.29, 1.82) is 5.26 Å². The highest BCUT2D eigenvalue weighted by Gasteiger charge is 2.41. The average Bonchev–Trinajstić information content (AvgIpc) is 4.19. The highest BCUT2D eigenvalue weighted by Crippen LogP contribution is 2.49. The molecule has 3 aliphatic rings. The smallest absolute Gasteiger partial charge is 0.260 e. The van der Waals surface area contributed by atoms with Crippen molar-refractivity contribution in [2.24, 2.45) is 0 Å². The van der Waals surface area contributed by atoms with Crippen LogP contribution in [-0.2, 0) is 6.42 Å². The zero-order chi connectivity index (χ0) is 50.0. The highest BCUT2D eigenvalue weighted by atomic mass is 32.1. The first-order chi connectivity index (χ1) is 36.8. The topological polar surface area (TPSA) is 52.1 Å². The lowest BCUT2D eigenvalue weighted by atomic mass is 9.35. The van der Waals surface area contributed by atoms with E-state index in [0.717, 1.165) is 61.4 Å². The van der Waals surface area contributed by atoms with Gasteiger partial charge in [-0.15, -0.1) is 22.7 Å². The Balaban J connectivity index is 0.931. The van der Waals surface area contributed by atoms with Crippen LogP contribution < -0.4 is 25.9 Å². The second-order valence-electron chi connectivity index (χ2n) is 18.6. The quantitative estimate of drug-likeness (QED) is 0.131. The van der Waals surface area contributed by atoms with Crippen LogP contribution in [0.4, 0.5) is 0 Å². The van der Waals surface area contributed by atoms with E-state index in [1.165, 1.54) is 51.1 Å². The van der Waals surface area contributed by atoms with Gasteiger partial charge < -0.3 is 18.6 Å². The predicted molar refractivity (Wildman–Crippen MR) is 298 cm³/mol. The van der Waals surface area contributed by atoms with Gasteiger partial charge in [-0.25, -0.2) is 0 Å². The average molecular weight is 946 g/mol. The second-order valence-corrected chi connectivity index (χ2v) is 20.7. The number of hydrogen-bond acceptors (Lipinski definition) is 5. The molecule has 0 saturated heterocycles. The van der Waals surface area contributed by atoms with E-state index in [9.17, 15) is 8.00 Å². The lowest BCUT2D eigenvalue weighted by Gasteiger charge is -2.34. The molecular weight excluding hydrogens is 906 g/mol. The number of nitrogens with zero attached hydrogens (tertiary/aromatic N) is 3. The summed E-state index contributed by atoms with van der Waals surface area (Å²) in [5, 5.41) is 18.0. The Morgan fingerprint density at radius 2 is 1.18 bits per heavy atom. The van der Waals surface area contributed by atoms with Gasteiger partial charge in [0.25, 0.3) is 6.71 Å². The molecule has 13 aromatic rings. The minimum atomic E-state index is -0.316. The first-order valence-electron chi connectivity index (χ1n) is 25.8. The minimum Gasteiger partial charge on any atom is -0.458 e. The maximum Gasteiger partial charge on any atom is 0.260 e. The number of para-hydroxylation sites is 3. The van der Waals surface area contributed by atoms with Gasteiger partial charge in [-0.3, -0.25) is 0 Å². The summed E-state index contributed by atoms with van der Waals surface area (Å²) in [6, 6.07) is 55.3. The third kappa shape index (κ3) is 5.56. The maximum atomic E-state index is 10.2. The van der Waals surface area contributed by atoms with Crippen molar-refractivity contribution < 1.29 is 15.0 Å². The lowest BCUT2D eigenvalue weighted by Crippen LogP contribution is -2.57. The van der Waals surface area contributed by atoms with Crippen LogP contribution in [0.3, 0.4) is 0 Å². The van der Waals surface area contributed by atoms with Gasteiger partial charge in [-0.1, -0.05) is 115 Å². The van der Waals surface area contributed by atoms with Crippen molar-refractivity contribution in [3.05, 3.63) is 205 Å². The molecule has 0 unspecified atom stereocenters. The van der Waals surface area contributed by atoms with E-state index in [0.29, 0.717) is 52.1 Å². The fraction of sp³-hybridized carbons (Fsp3) is 0.0317. The highest BCUT2D eigenvalue weighted by molar-refractivity contribution is 7.28. The van der Waals surface area contributed by atoms with Crippen molar-refractivity contribution >= 4 is 125 Å². The fourth-order valence-electron chi connectivity index (χ4n) is 11.9. The molecule has 16 rings (SSSR count). The molecule has 4 aromatic heterocycles. The van der Waals surface area contributed by atoms with Crippen LogP contribution in [0.15, 0.2) is 194 Å². The van der Waals surface area contributed by atoms with E-state index < -0.39 is 0 Å². The normalized spacial score (nSPS) is 15.7. The Morgan fingerprint density at radius 3 is 1.93 bits per heavy atom. The summed E-state index contributed by atoms with van der Waals surface area (Å²) in [6.45, 7) is -0.276. The summed E-state index contributed by atoms with van der Waals surface area (Å²) < 4.78 is 59.7. The van der Waals surface area contributed by atoms with E-state index in [-0.39, 0.29) is 30.9 Å². The number of benzene rings is 9. The second kappa shape index (κ2) is 14.7. The molecule has 0 saturated carbocycles. The van der Waals surface area contributed by atoms with Crippen molar-refractivity contribution in [2.75, 3.05) is 0 Å². The van der Waals surface area contributed by atoms with Crippen LogP contribution in [0.2, 0.25) is 0 Å². The van der Waals surface area contributed by atoms with E-state index >= 15 is 0 Å². The zero-order valence-corrected chi connectivity index (χ0v) is 39.3. The molecular formula is C63H36BN3O2S2. The summed E-state index contributed by atoms with van der Waals surface area (Å²) in [6.07, 6.45) is 6.66. The molecule has 2 aliphatic heterocycles. The maximum absolute atomic E-state index is 10.2. The molecule has 8 heteroatoms. The monoisotopic (exact) mass is 945 g/mol. The summed E-state index contributed by atoms with van der Waals surface area (Å²) in [7, 11) is 0. The Morgan fingerprint density at radius 1 is 0.549 bits per heavy atom. The van der Waals surface area contributed by atoms with Crippen LogP contribution >= 0.6 is 22.7 Å². The number of nitriles is 1. The van der Waals surface area contributed by atoms with E-state index in [2.05, 4.69) is 150 Å². The summed E-state index contributed by atoms with van der Waals surface area (Å²) >= 11 is 3.65. The fourth-order valence-corrected chi connectivity index (χ4v) is 14.2. The molecule has 0 radical (unpaired) electrons. The van der Waals surface area contributed by atoms with E-state index in [1.807, 2.05) is 51.5 Å². The predicted octanol–water partition coefficient (Wildman–Crippen LogP) is 15.3. The minimum absolute atomic E-state index is 0.136. The molecule has 9 aromatic carbocycles. The lowest BCUT2D eigenvalue weighted by molar-refractivity contribution is 0.464. The summed E-state index contributed by atoms with van der Waals surface area (Å²) in [5.41, 5.74) is 11.1. The third-order valence-corrected chi connectivity index (χ3v) is 17.2. The van der Waals surface area contributed by atoms with Crippen LogP contribution in [-0.4, -0.2) is 15.8 Å². The van der Waals surface area contributed by atoms with Crippen LogP contribution in [0.1, 0.15) is 23.2 Å². The SMILES string of the molecule is [2H]c1c([2H])c([2H])c2c(c1[2H])c1c(n2-c2ccc3c(c2)Oc2cc(-c4cccc5c4sc4ccc6sc7ccccc7c6c45)cc4c2B3c2ccc(-n3c5ccccc5c5ccccc53)cc2O4)C/C=C\C/C(C#N)=C\1. The summed E-state index contributed by atoms with van der Waals surface area (Å²) in [4.78, 5) is 0. The van der Waals surface area contributed by atoms with E-state index in [4.69, 9.17) is 12.2 Å². The van der Waals surface area contributed by atoms with Gasteiger partial charge in [0.2, 0.25) is 0 Å². The van der Waals surface area contributed by atoms with Gasteiger partial charge in [0.15, 0.2) is 0 Å². The molecule has 0 spiro atoms. The molecule has 0 fully saturated rings. The number of ether oxygens (including phenoxy) is 2. The third-order valence-electron chi connectivity index (χ3n) is 14.9. The molecule has 0 N–H and O–H groups in total. The van der Waals surface area contributed by atoms with Gasteiger partial charge in [-0.2, -0.15) is 5.26 Å². The van der Waals surface area contributed by atoms with Gasteiger partial charge in [0.05, 0.1) is 28.1 Å². The molecule has 1 aliphatic carbocycles. The number of aromatic nitrogens is 2. The number of allylic oxidation sites excluding steroid dienone is 3. The molecule has 0 amide bonds. The van der Waals surface area contributed by atoms with Crippen molar-refractivity contribution in [2.45, 2.75) is 12.8 Å². The van der Waals surface area contributed by atoms with Crippen LogP contribution in [0, 0.1) is 11.3 Å². The number of rotatable bonds is 3. The number of thiophene rings is 2. The molecule has 71 heavy (non-hydrogen) atoms. The number of fused-ring (bicyclic) bond motifs is 17. The standard InChI is InChI=1S/C63H36BN3O2S2/c65-35-36-12-1-6-22-52-46(30-36)43-15-4-9-21-51(43)67(52)39-25-27-48-54(34-39)69-56-32-37(40-17-11-18-45-61-59(71-63(40)45)29-28-58-60(61)44-16-5-10-23-57(44)70-58)31-55-62(56)64(48)47-26-24-38(33-53(47)68-55)66-49-19-7-2-13-41(49)42-14-3-8-20-50(42)66/h1-11,13-21,23-34H,12,22H2/b6-1-,36-30+/i4D,9D,15D,21D. The summed E-state index contributed by atoms with van der Waals surface area (Å²) in [5.74, 6) is 2.78.